The lowest BCUT2D eigenvalue weighted by molar-refractivity contribution is 0.634. The number of aryl methyl sites for hydroxylation is 1. The first-order valence-corrected chi connectivity index (χ1v) is 6.70. The molecule has 0 bridgehead atoms. The van der Waals surface area contributed by atoms with Crippen LogP contribution < -0.4 is 5.32 Å². The van der Waals surface area contributed by atoms with Crippen LogP contribution in [0.25, 0.3) is 11.5 Å². The monoisotopic (exact) mass is 259 g/mol. The first-order valence-electron chi connectivity index (χ1n) is 6.70. The van der Waals surface area contributed by atoms with E-state index in [0.717, 1.165) is 30.2 Å². The molecule has 0 spiro atoms. The third-order valence-electron chi connectivity index (χ3n) is 2.70. The molecule has 19 heavy (non-hydrogen) atoms. The highest BCUT2D eigenvalue weighted by atomic mass is 15.3. The van der Waals surface area contributed by atoms with E-state index in [0.29, 0.717) is 11.7 Å². The van der Waals surface area contributed by atoms with Crippen molar-refractivity contribution in [3.8, 4) is 11.5 Å². The second kappa shape index (κ2) is 5.82. The van der Waals surface area contributed by atoms with Gasteiger partial charge in [0, 0.05) is 31.5 Å². The SMILES string of the molecule is CCNc1cc(CC(C)C)nc(-c2ccn(C)n2)n1. The van der Waals surface area contributed by atoms with Crippen LogP contribution in [0.15, 0.2) is 18.3 Å². The van der Waals surface area contributed by atoms with Gasteiger partial charge in [0.05, 0.1) is 0 Å². The Labute approximate surface area is 114 Å². The van der Waals surface area contributed by atoms with Crippen LogP contribution >= 0.6 is 0 Å². The van der Waals surface area contributed by atoms with Crippen LogP contribution in [0.1, 0.15) is 26.5 Å². The predicted molar refractivity (Wildman–Crippen MR) is 76.9 cm³/mol. The van der Waals surface area contributed by atoms with Crippen molar-refractivity contribution < 1.29 is 0 Å². The number of hydrogen-bond acceptors (Lipinski definition) is 4. The maximum absolute atomic E-state index is 4.61. The van der Waals surface area contributed by atoms with Crippen LogP contribution in [0.2, 0.25) is 0 Å². The summed E-state index contributed by atoms with van der Waals surface area (Å²) in [6.45, 7) is 7.29. The summed E-state index contributed by atoms with van der Waals surface area (Å²) in [6, 6.07) is 3.96. The zero-order valence-corrected chi connectivity index (χ0v) is 12.0. The summed E-state index contributed by atoms with van der Waals surface area (Å²) in [5.41, 5.74) is 1.87. The summed E-state index contributed by atoms with van der Waals surface area (Å²) >= 11 is 0. The lowest BCUT2D eigenvalue weighted by Gasteiger charge is -2.09. The molecule has 2 aromatic rings. The third-order valence-corrected chi connectivity index (χ3v) is 2.70. The van der Waals surface area contributed by atoms with E-state index in [4.69, 9.17) is 0 Å². The minimum absolute atomic E-state index is 0.570. The fourth-order valence-corrected chi connectivity index (χ4v) is 1.94. The van der Waals surface area contributed by atoms with Crippen molar-refractivity contribution in [1.82, 2.24) is 19.7 Å². The van der Waals surface area contributed by atoms with Gasteiger partial charge in [-0.05, 0) is 25.3 Å². The molecule has 1 N–H and O–H groups in total. The zero-order chi connectivity index (χ0) is 13.8. The van der Waals surface area contributed by atoms with Gasteiger partial charge in [-0.2, -0.15) is 5.10 Å². The van der Waals surface area contributed by atoms with Gasteiger partial charge in [0.1, 0.15) is 11.5 Å². The molecule has 5 nitrogen and oxygen atoms in total. The van der Waals surface area contributed by atoms with Gasteiger partial charge in [-0.3, -0.25) is 4.68 Å². The standard InChI is InChI=1S/C14H21N5/c1-5-15-13-9-11(8-10(2)3)16-14(17-13)12-6-7-19(4)18-12/h6-7,9-10H,5,8H2,1-4H3,(H,15,16,17). The Balaban J connectivity index is 2.38. The highest BCUT2D eigenvalue weighted by molar-refractivity contribution is 5.52. The highest BCUT2D eigenvalue weighted by Gasteiger charge is 2.10. The summed E-state index contributed by atoms with van der Waals surface area (Å²) in [6.07, 6.45) is 2.85. The van der Waals surface area contributed by atoms with Crippen LogP contribution in [0, 0.1) is 5.92 Å². The van der Waals surface area contributed by atoms with Crippen molar-refractivity contribution in [3.05, 3.63) is 24.0 Å². The lowest BCUT2D eigenvalue weighted by atomic mass is 10.1. The molecule has 0 fully saturated rings. The van der Waals surface area contributed by atoms with E-state index < -0.39 is 0 Å². The van der Waals surface area contributed by atoms with Crippen molar-refractivity contribution in [2.24, 2.45) is 13.0 Å². The van der Waals surface area contributed by atoms with Crippen LogP contribution in [0.5, 0.6) is 0 Å². The molecule has 0 atom stereocenters. The van der Waals surface area contributed by atoms with Crippen LogP contribution in [-0.2, 0) is 13.5 Å². The van der Waals surface area contributed by atoms with E-state index in [2.05, 4.69) is 41.2 Å². The molecule has 0 amide bonds. The van der Waals surface area contributed by atoms with Gasteiger partial charge >= 0.3 is 0 Å². The third kappa shape index (κ3) is 3.53. The summed E-state index contributed by atoms with van der Waals surface area (Å²) in [4.78, 5) is 9.13. The molecule has 0 aromatic carbocycles. The Hall–Kier alpha value is -1.91. The summed E-state index contributed by atoms with van der Waals surface area (Å²) in [7, 11) is 1.90. The van der Waals surface area contributed by atoms with Gasteiger partial charge in [0.2, 0.25) is 0 Å². The molecule has 2 aromatic heterocycles. The first kappa shape index (κ1) is 13.5. The van der Waals surface area contributed by atoms with E-state index >= 15 is 0 Å². The van der Waals surface area contributed by atoms with Crippen LogP contribution in [0.3, 0.4) is 0 Å². The predicted octanol–water partition coefficient (Wildman–Crippen LogP) is 2.51. The van der Waals surface area contributed by atoms with Gasteiger partial charge in [-0.25, -0.2) is 9.97 Å². The Morgan fingerprint density at radius 3 is 2.68 bits per heavy atom. The van der Waals surface area contributed by atoms with Crippen molar-refractivity contribution in [3.63, 3.8) is 0 Å². The quantitative estimate of drug-likeness (QED) is 0.896. The first-order chi connectivity index (χ1) is 9.08. The second-order valence-electron chi connectivity index (χ2n) is 5.07. The number of nitrogens with zero attached hydrogens (tertiary/aromatic N) is 4. The van der Waals surface area contributed by atoms with E-state index in [1.54, 1.807) is 4.68 Å². The summed E-state index contributed by atoms with van der Waals surface area (Å²) < 4.78 is 1.76. The number of rotatable bonds is 5. The molecule has 5 heteroatoms. The average Bonchev–Trinajstić information content (AvgIpc) is 2.75. The highest BCUT2D eigenvalue weighted by Crippen LogP contribution is 2.17. The van der Waals surface area contributed by atoms with Crippen LogP contribution in [-0.4, -0.2) is 26.3 Å². The molecule has 0 saturated heterocycles. The smallest absolute Gasteiger partial charge is 0.182 e. The molecular formula is C14H21N5. The minimum Gasteiger partial charge on any atom is -0.370 e. The number of anilines is 1. The Bertz CT molecular complexity index is 545. The maximum atomic E-state index is 4.61. The van der Waals surface area contributed by atoms with Gasteiger partial charge in [0.15, 0.2) is 5.82 Å². The van der Waals surface area contributed by atoms with Crippen molar-refractivity contribution in [2.75, 3.05) is 11.9 Å². The zero-order valence-electron chi connectivity index (χ0n) is 12.0. The number of nitrogens with one attached hydrogen (secondary N) is 1. The summed E-state index contributed by atoms with van der Waals surface area (Å²) in [5.74, 6) is 2.13. The van der Waals surface area contributed by atoms with Gasteiger partial charge in [-0.1, -0.05) is 13.8 Å². The molecule has 0 aliphatic rings. The minimum atomic E-state index is 0.570. The van der Waals surface area contributed by atoms with E-state index in [9.17, 15) is 0 Å². The van der Waals surface area contributed by atoms with E-state index in [1.807, 2.05) is 25.4 Å². The largest absolute Gasteiger partial charge is 0.370 e. The van der Waals surface area contributed by atoms with Crippen molar-refractivity contribution >= 4 is 5.82 Å². The van der Waals surface area contributed by atoms with Crippen LogP contribution in [0.4, 0.5) is 5.82 Å². The van der Waals surface area contributed by atoms with Crippen molar-refractivity contribution in [1.29, 1.82) is 0 Å². The Morgan fingerprint density at radius 1 is 1.32 bits per heavy atom. The number of hydrogen-bond donors (Lipinski definition) is 1. The number of aromatic nitrogens is 4. The van der Waals surface area contributed by atoms with E-state index in [-0.39, 0.29) is 0 Å². The normalized spacial score (nSPS) is 11.0. The molecule has 0 aliphatic carbocycles. The Kier molecular flexibility index (Phi) is 4.14. The topological polar surface area (TPSA) is 55.6 Å². The second-order valence-corrected chi connectivity index (χ2v) is 5.07. The van der Waals surface area contributed by atoms with Gasteiger partial charge < -0.3 is 5.32 Å². The molecule has 102 valence electrons. The lowest BCUT2D eigenvalue weighted by Crippen LogP contribution is -2.06. The molecule has 2 rings (SSSR count). The van der Waals surface area contributed by atoms with Gasteiger partial charge in [0.25, 0.3) is 0 Å². The average molecular weight is 259 g/mol. The van der Waals surface area contributed by atoms with Crippen molar-refractivity contribution in [2.45, 2.75) is 27.2 Å². The van der Waals surface area contributed by atoms with E-state index in [1.165, 1.54) is 0 Å². The van der Waals surface area contributed by atoms with Gasteiger partial charge in [-0.15, -0.1) is 0 Å². The molecular weight excluding hydrogens is 238 g/mol. The molecule has 0 radical (unpaired) electrons. The maximum Gasteiger partial charge on any atom is 0.182 e. The molecule has 2 heterocycles. The molecule has 0 saturated carbocycles. The fraction of sp³-hybridized carbons (Fsp3) is 0.500. The molecule has 0 unspecified atom stereocenters. The molecule has 0 aliphatic heterocycles. The summed E-state index contributed by atoms with van der Waals surface area (Å²) in [5, 5.41) is 7.62. The Morgan fingerprint density at radius 2 is 2.11 bits per heavy atom. The fourth-order valence-electron chi connectivity index (χ4n) is 1.94.